The summed E-state index contributed by atoms with van der Waals surface area (Å²) in [6.07, 6.45) is 0. The summed E-state index contributed by atoms with van der Waals surface area (Å²) < 4.78 is 13.8. The van der Waals surface area contributed by atoms with Crippen molar-refractivity contribution < 1.29 is 4.39 Å². The number of hydrogen-bond donors (Lipinski definition) is 1. The van der Waals surface area contributed by atoms with E-state index in [0.29, 0.717) is 0 Å². The van der Waals surface area contributed by atoms with E-state index in [-0.39, 0.29) is 10.3 Å². The van der Waals surface area contributed by atoms with Gasteiger partial charge in [-0.15, -0.1) is 0 Å². The minimum atomic E-state index is -0.451. The van der Waals surface area contributed by atoms with Crippen LogP contribution in [-0.4, -0.2) is 9.78 Å². The smallest absolute Gasteiger partial charge is 0.227 e. The number of rotatable bonds is 0. The van der Waals surface area contributed by atoms with Gasteiger partial charge in [0.2, 0.25) is 5.95 Å². The van der Waals surface area contributed by atoms with Gasteiger partial charge in [-0.05, 0) is 15.9 Å². The molecule has 1 heterocycles. The van der Waals surface area contributed by atoms with Crippen molar-refractivity contribution in [2.24, 2.45) is 7.05 Å². The molecule has 1 aromatic rings. The van der Waals surface area contributed by atoms with Gasteiger partial charge in [0.15, 0.2) is 5.82 Å². The first-order valence-electron chi connectivity index (χ1n) is 2.26. The molecule has 0 saturated carbocycles. The van der Waals surface area contributed by atoms with Crippen molar-refractivity contribution >= 4 is 21.7 Å². The van der Waals surface area contributed by atoms with Crippen LogP contribution in [0.5, 0.6) is 0 Å². The first-order valence-corrected chi connectivity index (χ1v) is 3.05. The molecule has 0 aromatic carbocycles. The van der Waals surface area contributed by atoms with Gasteiger partial charge in [0.25, 0.3) is 0 Å². The molecule has 0 atom stereocenters. The van der Waals surface area contributed by atoms with Crippen molar-refractivity contribution in [3.8, 4) is 0 Å². The highest BCUT2D eigenvalue weighted by molar-refractivity contribution is 9.10. The summed E-state index contributed by atoms with van der Waals surface area (Å²) in [5.41, 5.74) is 5.22. The van der Waals surface area contributed by atoms with Gasteiger partial charge in [-0.1, -0.05) is 0 Å². The second kappa shape index (κ2) is 1.98. The lowest BCUT2D eigenvalue weighted by Crippen LogP contribution is -1.93. The third-order valence-electron chi connectivity index (χ3n) is 0.948. The van der Waals surface area contributed by atoms with E-state index in [2.05, 4.69) is 21.0 Å². The average molecular weight is 194 g/mol. The van der Waals surface area contributed by atoms with Crippen LogP contribution in [0.1, 0.15) is 0 Å². The van der Waals surface area contributed by atoms with Gasteiger partial charge < -0.3 is 5.73 Å². The van der Waals surface area contributed by atoms with E-state index >= 15 is 0 Å². The van der Waals surface area contributed by atoms with Gasteiger partial charge in [0, 0.05) is 7.05 Å². The van der Waals surface area contributed by atoms with Crippen LogP contribution in [-0.2, 0) is 7.05 Å². The lowest BCUT2D eigenvalue weighted by molar-refractivity contribution is 0.500. The number of nitrogens with two attached hydrogens (primary N) is 1. The molecule has 1 rings (SSSR count). The summed E-state index contributed by atoms with van der Waals surface area (Å²) in [6, 6.07) is 0. The number of nitrogen functional groups attached to an aromatic ring is 1. The number of aryl methyl sites for hydroxylation is 1. The Labute approximate surface area is 59.8 Å². The van der Waals surface area contributed by atoms with E-state index in [1.54, 1.807) is 0 Å². The van der Waals surface area contributed by atoms with Crippen LogP contribution in [0.25, 0.3) is 0 Å². The Morgan fingerprint density at radius 2 is 2.33 bits per heavy atom. The molecule has 0 aliphatic heterocycles. The molecule has 0 bridgehead atoms. The van der Waals surface area contributed by atoms with E-state index in [1.807, 2.05) is 0 Å². The summed E-state index contributed by atoms with van der Waals surface area (Å²) in [5.74, 6) is -0.275. The standard InChI is InChI=1S/C4H5BrFN3/c1-9-3(6)2(5)4(7)8-9/h1H3,(H2,7,8). The Morgan fingerprint density at radius 3 is 2.44 bits per heavy atom. The Balaban J connectivity index is 3.29. The highest BCUT2D eigenvalue weighted by Crippen LogP contribution is 2.20. The van der Waals surface area contributed by atoms with Gasteiger partial charge in [-0.3, -0.25) is 0 Å². The number of anilines is 1. The van der Waals surface area contributed by atoms with Gasteiger partial charge in [-0.25, -0.2) is 4.68 Å². The fourth-order valence-electron chi connectivity index (χ4n) is 0.497. The van der Waals surface area contributed by atoms with Crippen molar-refractivity contribution in [2.45, 2.75) is 0 Å². The maximum atomic E-state index is 12.5. The number of aromatic nitrogens is 2. The lowest BCUT2D eigenvalue weighted by Gasteiger charge is -1.84. The minimum Gasteiger partial charge on any atom is -0.381 e. The molecule has 0 aliphatic carbocycles. The molecule has 0 unspecified atom stereocenters. The third kappa shape index (κ3) is 0.917. The van der Waals surface area contributed by atoms with Crippen LogP contribution in [0.4, 0.5) is 10.2 Å². The topological polar surface area (TPSA) is 43.8 Å². The second-order valence-corrected chi connectivity index (χ2v) is 2.41. The maximum Gasteiger partial charge on any atom is 0.227 e. The average Bonchev–Trinajstić information content (AvgIpc) is 1.98. The Morgan fingerprint density at radius 1 is 1.78 bits per heavy atom. The molecule has 5 heteroatoms. The molecular weight excluding hydrogens is 189 g/mol. The molecule has 2 N–H and O–H groups in total. The van der Waals surface area contributed by atoms with E-state index in [9.17, 15) is 4.39 Å². The van der Waals surface area contributed by atoms with Crippen molar-refractivity contribution in [3.63, 3.8) is 0 Å². The highest BCUT2D eigenvalue weighted by Gasteiger charge is 2.08. The quantitative estimate of drug-likeness (QED) is 0.666. The molecule has 0 saturated heterocycles. The number of halogens is 2. The first kappa shape index (κ1) is 6.54. The molecule has 3 nitrogen and oxygen atoms in total. The predicted molar refractivity (Wildman–Crippen MR) is 35.3 cm³/mol. The molecule has 0 amide bonds. The third-order valence-corrected chi connectivity index (χ3v) is 1.68. The van der Waals surface area contributed by atoms with Crippen LogP contribution in [0, 0.1) is 5.95 Å². The molecule has 0 radical (unpaired) electrons. The molecule has 0 aliphatic rings. The van der Waals surface area contributed by atoms with E-state index < -0.39 is 5.95 Å². The summed E-state index contributed by atoms with van der Waals surface area (Å²) in [5, 5.41) is 3.58. The summed E-state index contributed by atoms with van der Waals surface area (Å²) in [7, 11) is 1.48. The molecule has 50 valence electrons. The largest absolute Gasteiger partial charge is 0.381 e. The highest BCUT2D eigenvalue weighted by atomic mass is 79.9. The summed E-state index contributed by atoms with van der Waals surface area (Å²) >= 11 is 2.92. The monoisotopic (exact) mass is 193 g/mol. The minimum absolute atomic E-state index is 0.176. The normalized spacial score (nSPS) is 10.1. The van der Waals surface area contributed by atoms with Gasteiger partial charge in [-0.2, -0.15) is 9.49 Å². The van der Waals surface area contributed by atoms with Gasteiger partial charge in [0.05, 0.1) is 0 Å². The van der Waals surface area contributed by atoms with Crippen molar-refractivity contribution in [3.05, 3.63) is 10.4 Å². The van der Waals surface area contributed by atoms with Gasteiger partial charge in [0.1, 0.15) is 4.47 Å². The Hall–Kier alpha value is -0.580. The molecule has 0 fully saturated rings. The lowest BCUT2D eigenvalue weighted by atomic mass is 10.6. The van der Waals surface area contributed by atoms with Crippen molar-refractivity contribution in [1.82, 2.24) is 9.78 Å². The zero-order chi connectivity index (χ0) is 7.02. The summed E-state index contributed by atoms with van der Waals surface area (Å²) in [6.45, 7) is 0. The van der Waals surface area contributed by atoms with Crippen LogP contribution in [0.2, 0.25) is 0 Å². The van der Waals surface area contributed by atoms with Crippen LogP contribution >= 0.6 is 15.9 Å². The van der Waals surface area contributed by atoms with Crippen molar-refractivity contribution in [1.29, 1.82) is 0 Å². The van der Waals surface area contributed by atoms with E-state index in [4.69, 9.17) is 5.73 Å². The maximum absolute atomic E-state index is 12.5. The van der Waals surface area contributed by atoms with Crippen LogP contribution in [0.3, 0.4) is 0 Å². The van der Waals surface area contributed by atoms with Crippen molar-refractivity contribution in [2.75, 3.05) is 5.73 Å². The fraction of sp³-hybridized carbons (Fsp3) is 0.250. The second-order valence-electron chi connectivity index (χ2n) is 1.61. The van der Waals surface area contributed by atoms with Crippen LogP contribution < -0.4 is 5.73 Å². The van der Waals surface area contributed by atoms with Crippen LogP contribution in [0.15, 0.2) is 4.47 Å². The number of hydrogen-bond acceptors (Lipinski definition) is 2. The SMILES string of the molecule is Cn1nc(N)c(Br)c1F. The Bertz CT molecular complexity index is 209. The fourth-order valence-corrected chi connectivity index (χ4v) is 0.833. The molecule has 1 aromatic heterocycles. The van der Waals surface area contributed by atoms with Gasteiger partial charge >= 0.3 is 0 Å². The summed E-state index contributed by atoms with van der Waals surface area (Å²) in [4.78, 5) is 0. The number of nitrogens with zero attached hydrogens (tertiary/aromatic N) is 2. The van der Waals surface area contributed by atoms with E-state index in [1.165, 1.54) is 7.05 Å². The zero-order valence-corrected chi connectivity index (χ0v) is 6.31. The first-order chi connectivity index (χ1) is 4.13. The molecule has 9 heavy (non-hydrogen) atoms. The van der Waals surface area contributed by atoms with E-state index in [0.717, 1.165) is 4.68 Å². The zero-order valence-electron chi connectivity index (χ0n) is 4.73. The predicted octanol–water partition coefficient (Wildman–Crippen LogP) is 0.904. The molecular formula is C4H5BrFN3. The molecule has 0 spiro atoms. The Kier molecular flexibility index (Phi) is 1.44.